The second-order valence-electron chi connectivity index (χ2n) is 7.02. The second-order valence-corrected chi connectivity index (χ2v) is 7.02. The van der Waals surface area contributed by atoms with Crippen LogP contribution in [0, 0.1) is 0 Å². The van der Waals surface area contributed by atoms with Crippen LogP contribution in [0.1, 0.15) is 58.0 Å². The van der Waals surface area contributed by atoms with Crippen LogP contribution >= 0.6 is 0 Å². The molecule has 0 unspecified atom stereocenters. The van der Waals surface area contributed by atoms with E-state index in [2.05, 4.69) is 5.32 Å². The zero-order chi connectivity index (χ0) is 21.6. The number of nitrogens with zero attached hydrogens (tertiary/aromatic N) is 1. The summed E-state index contributed by atoms with van der Waals surface area (Å²) in [5.41, 5.74) is 2.74. The molecule has 0 aliphatic carbocycles. The number of hydrogen-bond donors (Lipinski definition) is 3. The number of anilines is 2. The van der Waals surface area contributed by atoms with Crippen molar-refractivity contribution in [1.29, 1.82) is 0 Å². The summed E-state index contributed by atoms with van der Waals surface area (Å²) < 4.78 is 0. The van der Waals surface area contributed by atoms with Crippen LogP contribution in [-0.4, -0.2) is 42.2 Å². The van der Waals surface area contributed by atoms with Crippen molar-refractivity contribution in [3.05, 3.63) is 58.7 Å². The fourth-order valence-corrected chi connectivity index (χ4v) is 3.06. The maximum Gasteiger partial charge on any atom is 0.337 e. The maximum atomic E-state index is 12.4. The fourth-order valence-electron chi connectivity index (χ4n) is 3.06. The summed E-state index contributed by atoms with van der Waals surface area (Å²) >= 11 is 0. The molecule has 0 spiro atoms. The minimum absolute atomic E-state index is 0.0256. The Morgan fingerprint density at radius 3 is 2.14 bits per heavy atom. The summed E-state index contributed by atoms with van der Waals surface area (Å²) in [6.45, 7) is 1.98. The Morgan fingerprint density at radius 2 is 1.62 bits per heavy atom. The van der Waals surface area contributed by atoms with E-state index in [-0.39, 0.29) is 22.7 Å². The molecule has 29 heavy (non-hydrogen) atoms. The molecule has 2 rings (SSSR count). The van der Waals surface area contributed by atoms with Crippen molar-refractivity contribution < 1.29 is 24.6 Å². The number of benzene rings is 2. The third kappa shape index (κ3) is 5.57. The maximum absolute atomic E-state index is 12.4. The van der Waals surface area contributed by atoms with Gasteiger partial charge in [-0.1, -0.05) is 25.5 Å². The van der Waals surface area contributed by atoms with Crippen molar-refractivity contribution in [2.75, 3.05) is 24.3 Å². The summed E-state index contributed by atoms with van der Waals surface area (Å²) in [5, 5.41) is 21.5. The summed E-state index contributed by atoms with van der Waals surface area (Å²) in [5.74, 6) is -2.36. The molecule has 2 aromatic carbocycles. The van der Waals surface area contributed by atoms with E-state index >= 15 is 0 Å². The van der Waals surface area contributed by atoms with Crippen molar-refractivity contribution >= 4 is 29.2 Å². The SMILES string of the molecule is CCCCC(=O)Nc1c(C(=O)O)ccc(N(C)C)c1Cc1ccc(C(=O)O)cc1. The molecule has 0 saturated carbocycles. The Bertz CT molecular complexity index is 904. The van der Waals surface area contributed by atoms with Gasteiger partial charge in [-0.15, -0.1) is 0 Å². The first-order chi connectivity index (χ1) is 13.7. The predicted octanol–water partition coefficient (Wildman–Crippen LogP) is 3.87. The lowest BCUT2D eigenvalue weighted by atomic mass is 9.96. The number of carbonyl (C=O) groups is 3. The Labute approximate surface area is 170 Å². The Hall–Kier alpha value is -3.35. The lowest BCUT2D eigenvalue weighted by molar-refractivity contribution is -0.116. The van der Waals surface area contributed by atoms with Gasteiger partial charge in [0.15, 0.2) is 0 Å². The van der Waals surface area contributed by atoms with Gasteiger partial charge in [0, 0.05) is 38.2 Å². The van der Waals surface area contributed by atoms with E-state index in [1.165, 1.54) is 18.2 Å². The molecule has 0 atom stereocenters. The first-order valence-electron chi connectivity index (χ1n) is 9.43. The van der Waals surface area contributed by atoms with E-state index in [4.69, 9.17) is 5.11 Å². The molecule has 0 radical (unpaired) electrons. The highest BCUT2D eigenvalue weighted by molar-refractivity contribution is 6.03. The number of carbonyl (C=O) groups excluding carboxylic acids is 1. The summed E-state index contributed by atoms with van der Waals surface area (Å²) in [4.78, 5) is 37.1. The van der Waals surface area contributed by atoms with Crippen molar-refractivity contribution in [3.63, 3.8) is 0 Å². The van der Waals surface area contributed by atoms with Crippen molar-refractivity contribution in [2.45, 2.75) is 32.6 Å². The molecular weight excluding hydrogens is 372 g/mol. The van der Waals surface area contributed by atoms with E-state index in [1.807, 2.05) is 25.9 Å². The average molecular weight is 398 g/mol. The number of unbranched alkanes of at least 4 members (excludes halogenated alkanes) is 1. The van der Waals surface area contributed by atoms with Gasteiger partial charge in [0.2, 0.25) is 5.91 Å². The fraction of sp³-hybridized carbons (Fsp3) is 0.318. The van der Waals surface area contributed by atoms with Gasteiger partial charge >= 0.3 is 11.9 Å². The summed E-state index contributed by atoms with van der Waals surface area (Å²) in [6, 6.07) is 9.61. The van der Waals surface area contributed by atoms with Crippen molar-refractivity contribution in [1.82, 2.24) is 0 Å². The zero-order valence-corrected chi connectivity index (χ0v) is 16.9. The van der Waals surface area contributed by atoms with Gasteiger partial charge in [-0.2, -0.15) is 0 Å². The molecule has 0 aliphatic heterocycles. The third-order valence-electron chi connectivity index (χ3n) is 4.60. The molecule has 2 aromatic rings. The zero-order valence-electron chi connectivity index (χ0n) is 16.9. The van der Waals surface area contributed by atoms with Gasteiger partial charge in [0.1, 0.15) is 0 Å². The monoisotopic (exact) mass is 398 g/mol. The number of rotatable bonds is 9. The van der Waals surface area contributed by atoms with Crippen LogP contribution in [-0.2, 0) is 11.2 Å². The molecule has 0 aliphatic rings. The number of amides is 1. The van der Waals surface area contributed by atoms with Gasteiger partial charge < -0.3 is 20.4 Å². The van der Waals surface area contributed by atoms with Gasteiger partial charge in [0.05, 0.1) is 16.8 Å². The van der Waals surface area contributed by atoms with E-state index in [1.54, 1.807) is 18.2 Å². The second kappa shape index (κ2) is 9.73. The van der Waals surface area contributed by atoms with Crippen LogP contribution in [0.4, 0.5) is 11.4 Å². The largest absolute Gasteiger partial charge is 0.478 e. The van der Waals surface area contributed by atoms with E-state index in [0.717, 1.165) is 17.7 Å². The molecule has 0 saturated heterocycles. The van der Waals surface area contributed by atoms with Gasteiger partial charge in [-0.05, 0) is 36.2 Å². The smallest absolute Gasteiger partial charge is 0.337 e. The molecule has 0 heterocycles. The number of carboxylic acids is 2. The Morgan fingerprint density at radius 1 is 0.966 bits per heavy atom. The Balaban J connectivity index is 2.52. The van der Waals surface area contributed by atoms with E-state index in [0.29, 0.717) is 24.8 Å². The van der Waals surface area contributed by atoms with Crippen LogP contribution in [0.3, 0.4) is 0 Å². The van der Waals surface area contributed by atoms with Crippen molar-refractivity contribution in [2.24, 2.45) is 0 Å². The molecule has 1 amide bonds. The minimum Gasteiger partial charge on any atom is -0.478 e. The molecule has 7 heteroatoms. The van der Waals surface area contributed by atoms with Gasteiger partial charge in [-0.3, -0.25) is 4.79 Å². The number of carboxylic acid groups (broad SMARTS) is 2. The van der Waals surface area contributed by atoms with Crippen molar-refractivity contribution in [3.8, 4) is 0 Å². The summed E-state index contributed by atoms with van der Waals surface area (Å²) in [7, 11) is 3.69. The number of aromatic carboxylic acids is 2. The van der Waals surface area contributed by atoms with Gasteiger partial charge in [-0.25, -0.2) is 9.59 Å². The standard InChI is InChI=1S/C22H26N2O5/c1-4-5-6-19(25)23-20-16(22(28)29)11-12-18(24(2)3)17(20)13-14-7-9-15(10-8-14)21(26)27/h7-12H,4-6,13H2,1-3H3,(H,23,25)(H,26,27)(H,28,29). The van der Waals surface area contributed by atoms with Crippen LogP contribution in [0.2, 0.25) is 0 Å². The highest BCUT2D eigenvalue weighted by Crippen LogP contribution is 2.33. The summed E-state index contributed by atoms with van der Waals surface area (Å²) in [6.07, 6.45) is 2.24. The number of hydrogen-bond acceptors (Lipinski definition) is 4. The highest BCUT2D eigenvalue weighted by Gasteiger charge is 2.21. The molecular formula is C22H26N2O5. The molecule has 0 aromatic heterocycles. The van der Waals surface area contributed by atoms with Crippen LogP contribution < -0.4 is 10.2 Å². The topological polar surface area (TPSA) is 107 Å². The molecule has 0 fully saturated rings. The van der Waals surface area contributed by atoms with Gasteiger partial charge in [0.25, 0.3) is 0 Å². The normalized spacial score (nSPS) is 10.4. The number of nitrogens with one attached hydrogen (secondary N) is 1. The highest BCUT2D eigenvalue weighted by atomic mass is 16.4. The molecule has 0 bridgehead atoms. The molecule has 154 valence electrons. The average Bonchev–Trinajstić information content (AvgIpc) is 2.67. The van der Waals surface area contributed by atoms with Crippen LogP contribution in [0.25, 0.3) is 0 Å². The minimum atomic E-state index is -1.12. The first-order valence-corrected chi connectivity index (χ1v) is 9.43. The first kappa shape index (κ1) is 21.9. The van der Waals surface area contributed by atoms with E-state index in [9.17, 15) is 19.5 Å². The van der Waals surface area contributed by atoms with Crippen LogP contribution in [0.5, 0.6) is 0 Å². The lowest BCUT2D eigenvalue weighted by Crippen LogP contribution is -2.19. The van der Waals surface area contributed by atoms with Crippen LogP contribution in [0.15, 0.2) is 36.4 Å². The molecule has 7 nitrogen and oxygen atoms in total. The predicted molar refractivity (Wildman–Crippen MR) is 112 cm³/mol. The Kier molecular flexibility index (Phi) is 7.36. The molecule has 3 N–H and O–H groups in total. The lowest BCUT2D eigenvalue weighted by Gasteiger charge is -2.23. The third-order valence-corrected chi connectivity index (χ3v) is 4.60. The van der Waals surface area contributed by atoms with E-state index < -0.39 is 11.9 Å². The quantitative estimate of drug-likeness (QED) is 0.592.